The maximum Gasteiger partial charge on any atom is 0.190 e. The van der Waals surface area contributed by atoms with E-state index in [-0.39, 0.29) is 24.0 Å². The molecule has 1 fully saturated rings. The second kappa shape index (κ2) is 10.9. The van der Waals surface area contributed by atoms with Crippen LogP contribution in [0.2, 0.25) is 0 Å². The fourth-order valence-electron chi connectivity index (χ4n) is 2.53. The molecule has 3 nitrogen and oxygen atoms in total. The van der Waals surface area contributed by atoms with Crippen molar-refractivity contribution in [2.75, 3.05) is 20.1 Å². The summed E-state index contributed by atoms with van der Waals surface area (Å²) in [6.45, 7) is 6.70. The summed E-state index contributed by atoms with van der Waals surface area (Å²) in [5.41, 5.74) is 0. The summed E-state index contributed by atoms with van der Waals surface area (Å²) in [7, 11) is 1.85. The van der Waals surface area contributed by atoms with E-state index in [0.29, 0.717) is 0 Å². The van der Waals surface area contributed by atoms with E-state index in [1.54, 1.807) is 0 Å². The van der Waals surface area contributed by atoms with Crippen molar-refractivity contribution in [3.05, 3.63) is 0 Å². The molecule has 0 radical (unpaired) electrons. The maximum absolute atomic E-state index is 4.26. The number of halogens is 1. The van der Waals surface area contributed by atoms with Crippen LogP contribution in [0.3, 0.4) is 0 Å². The van der Waals surface area contributed by atoms with Crippen LogP contribution in [0.25, 0.3) is 0 Å². The molecule has 108 valence electrons. The summed E-state index contributed by atoms with van der Waals surface area (Å²) < 4.78 is 0. The maximum atomic E-state index is 4.26. The van der Waals surface area contributed by atoms with Crippen LogP contribution in [-0.2, 0) is 0 Å². The van der Waals surface area contributed by atoms with Crippen molar-refractivity contribution < 1.29 is 0 Å². The van der Waals surface area contributed by atoms with Gasteiger partial charge in [0, 0.05) is 20.1 Å². The van der Waals surface area contributed by atoms with E-state index in [1.807, 2.05) is 7.05 Å². The number of hydrogen-bond acceptors (Lipinski definition) is 1. The van der Waals surface area contributed by atoms with Gasteiger partial charge in [0.25, 0.3) is 0 Å². The highest BCUT2D eigenvalue weighted by molar-refractivity contribution is 14.0. The van der Waals surface area contributed by atoms with Gasteiger partial charge in [-0.05, 0) is 24.7 Å². The Kier molecular flexibility index (Phi) is 10.9. The van der Waals surface area contributed by atoms with E-state index in [9.17, 15) is 0 Å². The third-order valence-electron chi connectivity index (χ3n) is 3.87. The lowest BCUT2D eigenvalue weighted by Gasteiger charge is -2.29. The molecule has 2 atom stereocenters. The number of unbranched alkanes of at least 4 members (excludes halogenated alkanes) is 1. The van der Waals surface area contributed by atoms with E-state index in [1.165, 1.54) is 38.5 Å². The average molecular weight is 367 g/mol. The molecule has 18 heavy (non-hydrogen) atoms. The minimum Gasteiger partial charge on any atom is -0.356 e. The Morgan fingerprint density at radius 1 is 1.22 bits per heavy atom. The molecule has 2 N–H and O–H groups in total. The first-order valence-corrected chi connectivity index (χ1v) is 7.22. The van der Waals surface area contributed by atoms with Gasteiger partial charge in [-0.2, -0.15) is 0 Å². The standard InChI is InChI=1S/C14H29N3.HI/c1-4-5-10-16-14(15-3)17-11-13-9-7-6-8-12(13)2;/h12-13H,4-11H2,1-3H3,(H2,15,16,17);1H. The van der Waals surface area contributed by atoms with Gasteiger partial charge in [0.1, 0.15) is 0 Å². The predicted molar refractivity (Wildman–Crippen MR) is 90.8 cm³/mol. The Balaban J connectivity index is 0.00000289. The molecule has 0 amide bonds. The molecule has 4 heteroatoms. The summed E-state index contributed by atoms with van der Waals surface area (Å²) in [5, 5.41) is 6.83. The highest BCUT2D eigenvalue weighted by Gasteiger charge is 2.20. The zero-order chi connectivity index (χ0) is 12.5. The molecule has 0 saturated heterocycles. The van der Waals surface area contributed by atoms with Gasteiger partial charge in [0.2, 0.25) is 0 Å². The van der Waals surface area contributed by atoms with Crippen LogP contribution in [0.5, 0.6) is 0 Å². The van der Waals surface area contributed by atoms with Crippen LogP contribution in [0, 0.1) is 11.8 Å². The summed E-state index contributed by atoms with van der Waals surface area (Å²) in [6.07, 6.45) is 8.03. The van der Waals surface area contributed by atoms with Crippen molar-refractivity contribution >= 4 is 29.9 Å². The minimum absolute atomic E-state index is 0. The first-order valence-electron chi connectivity index (χ1n) is 7.22. The molecule has 1 aliphatic rings. The van der Waals surface area contributed by atoms with E-state index < -0.39 is 0 Å². The lowest BCUT2D eigenvalue weighted by molar-refractivity contribution is 0.256. The molecule has 0 aliphatic heterocycles. The Morgan fingerprint density at radius 3 is 2.56 bits per heavy atom. The summed E-state index contributed by atoms with van der Waals surface area (Å²) >= 11 is 0. The monoisotopic (exact) mass is 367 g/mol. The lowest BCUT2D eigenvalue weighted by atomic mass is 9.80. The molecule has 0 heterocycles. The van der Waals surface area contributed by atoms with Crippen LogP contribution in [-0.4, -0.2) is 26.1 Å². The van der Waals surface area contributed by atoms with Gasteiger partial charge in [0.05, 0.1) is 0 Å². The molecule has 1 saturated carbocycles. The Bertz CT molecular complexity index is 231. The fourth-order valence-corrected chi connectivity index (χ4v) is 2.53. The van der Waals surface area contributed by atoms with Crippen molar-refractivity contribution in [2.24, 2.45) is 16.8 Å². The molecular formula is C14H30IN3. The quantitative estimate of drug-likeness (QED) is 0.338. The Hall–Kier alpha value is 0. The largest absolute Gasteiger partial charge is 0.356 e. The van der Waals surface area contributed by atoms with Gasteiger partial charge in [0.15, 0.2) is 5.96 Å². The van der Waals surface area contributed by atoms with Gasteiger partial charge in [-0.3, -0.25) is 4.99 Å². The SMILES string of the molecule is CCCCNC(=NC)NCC1CCCCC1C.I. The van der Waals surface area contributed by atoms with Gasteiger partial charge in [-0.15, -0.1) is 24.0 Å². The Labute approximate surface area is 130 Å². The van der Waals surface area contributed by atoms with Gasteiger partial charge < -0.3 is 10.6 Å². The number of nitrogens with one attached hydrogen (secondary N) is 2. The average Bonchev–Trinajstić information content (AvgIpc) is 2.35. The molecule has 0 aromatic carbocycles. The van der Waals surface area contributed by atoms with Crippen LogP contribution >= 0.6 is 24.0 Å². The van der Waals surface area contributed by atoms with E-state index in [2.05, 4.69) is 29.5 Å². The first-order chi connectivity index (χ1) is 8.27. The van der Waals surface area contributed by atoms with Crippen molar-refractivity contribution in [1.82, 2.24) is 10.6 Å². The molecular weight excluding hydrogens is 337 g/mol. The zero-order valence-corrected chi connectivity index (χ0v) is 14.5. The number of nitrogens with zero attached hydrogens (tertiary/aromatic N) is 1. The third kappa shape index (κ3) is 6.81. The topological polar surface area (TPSA) is 36.4 Å². The third-order valence-corrected chi connectivity index (χ3v) is 3.87. The Morgan fingerprint density at radius 2 is 1.94 bits per heavy atom. The van der Waals surface area contributed by atoms with Crippen molar-refractivity contribution in [1.29, 1.82) is 0 Å². The van der Waals surface area contributed by atoms with Gasteiger partial charge >= 0.3 is 0 Å². The van der Waals surface area contributed by atoms with Crippen LogP contribution in [0.15, 0.2) is 4.99 Å². The number of guanidine groups is 1. The van der Waals surface area contributed by atoms with Gasteiger partial charge in [-0.25, -0.2) is 0 Å². The van der Waals surface area contributed by atoms with E-state index in [4.69, 9.17) is 0 Å². The lowest BCUT2D eigenvalue weighted by Crippen LogP contribution is -2.41. The summed E-state index contributed by atoms with van der Waals surface area (Å²) in [5.74, 6) is 2.66. The second-order valence-electron chi connectivity index (χ2n) is 5.26. The fraction of sp³-hybridized carbons (Fsp3) is 0.929. The number of rotatable bonds is 5. The molecule has 2 unspecified atom stereocenters. The molecule has 1 aliphatic carbocycles. The first kappa shape index (κ1) is 18.0. The number of aliphatic imine (C=N–C) groups is 1. The molecule has 0 spiro atoms. The van der Waals surface area contributed by atoms with E-state index >= 15 is 0 Å². The normalized spacial score (nSPS) is 24.3. The highest BCUT2D eigenvalue weighted by atomic mass is 127. The highest BCUT2D eigenvalue weighted by Crippen LogP contribution is 2.28. The van der Waals surface area contributed by atoms with Crippen molar-refractivity contribution in [3.8, 4) is 0 Å². The summed E-state index contributed by atoms with van der Waals surface area (Å²) in [6, 6.07) is 0. The van der Waals surface area contributed by atoms with Crippen molar-refractivity contribution in [3.63, 3.8) is 0 Å². The van der Waals surface area contributed by atoms with Crippen LogP contribution < -0.4 is 10.6 Å². The minimum atomic E-state index is 0. The molecule has 0 aromatic heterocycles. The predicted octanol–water partition coefficient (Wildman–Crippen LogP) is 3.40. The zero-order valence-electron chi connectivity index (χ0n) is 12.2. The van der Waals surface area contributed by atoms with E-state index in [0.717, 1.165) is 30.9 Å². The second-order valence-corrected chi connectivity index (χ2v) is 5.26. The summed E-state index contributed by atoms with van der Waals surface area (Å²) in [4.78, 5) is 4.26. The van der Waals surface area contributed by atoms with Crippen molar-refractivity contribution in [2.45, 2.75) is 52.4 Å². The smallest absolute Gasteiger partial charge is 0.190 e. The van der Waals surface area contributed by atoms with Crippen LogP contribution in [0.4, 0.5) is 0 Å². The number of hydrogen-bond donors (Lipinski definition) is 2. The molecule has 0 bridgehead atoms. The molecule has 0 aromatic rings. The van der Waals surface area contributed by atoms with Gasteiger partial charge in [-0.1, -0.05) is 39.5 Å². The molecule has 1 rings (SSSR count). The van der Waals surface area contributed by atoms with Crippen LogP contribution in [0.1, 0.15) is 52.4 Å².